The average Bonchev–Trinajstić information content (AvgIpc) is 3.26. The monoisotopic (exact) mass is 473 g/mol. The normalized spacial score (nSPS) is 21.0. The number of nitrogens with zero attached hydrogens (tertiary/aromatic N) is 4. The summed E-state index contributed by atoms with van der Waals surface area (Å²) in [6, 6.07) is 11.5. The van der Waals surface area contributed by atoms with Crippen molar-refractivity contribution in [2.75, 3.05) is 11.9 Å². The van der Waals surface area contributed by atoms with Gasteiger partial charge in [-0.2, -0.15) is 0 Å². The summed E-state index contributed by atoms with van der Waals surface area (Å²) in [7, 11) is 0. The lowest BCUT2D eigenvalue weighted by atomic mass is 10.2. The van der Waals surface area contributed by atoms with E-state index < -0.39 is 0 Å². The van der Waals surface area contributed by atoms with Crippen molar-refractivity contribution in [3.63, 3.8) is 0 Å². The van der Waals surface area contributed by atoms with E-state index >= 15 is 0 Å². The van der Waals surface area contributed by atoms with Gasteiger partial charge in [0.15, 0.2) is 5.82 Å². The van der Waals surface area contributed by atoms with Gasteiger partial charge in [0.2, 0.25) is 0 Å². The minimum atomic E-state index is -0.240. The zero-order valence-electron chi connectivity index (χ0n) is 14.3. The van der Waals surface area contributed by atoms with Crippen LogP contribution in [0.1, 0.15) is 29.2 Å². The first-order valence-corrected chi connectivity index (χ1v) is 9.87. The number of hydrogen-bond acceptors (Lipinski definition) is 5. The lowest BCUT2D eigenvalue weighted by Gasteiger charge is -2.14. The topological polar surface area (TPSA) is 81.9 Å². The summed E-state index contributed by atoms with van der Waals surface area (Å²) in [6.07, 6.45) is 3.75. The van der Waals surface area contributed by atoms with Crippen LogP contribution in [0.3, 0.4) is 0 Å². The summed E-state index contributed by atoms with van der Waals surface area (Å²) in [6.45, 7) is 0.572. The Labute approximate surface area is 169 Å². The molecule has 1 N–H and O–H groups in total. The zero-order chi connectivity index (χ0) is 18.4. The van der Waals surface area contributed by atoms with Crippen molar-refractivity contribution in [2.24, 2.45) is 5.92 Å². The maximum Gasteiger partial charge on any atom is 0.260 e. The van der Waals surface area contributed by atoms with Crippen LogP contribution in [0.5, 0.6) is 5.75 Å². The number of halogens is 1. The van der Waals surface area contributed by atoms with Gasteiger partial charge < -0.3 is 14.6 Å². The predicted molar refractivity (Wildman–Crippen MR) is 108 cm³/mol. The minimum Gasteiger partial charge on any atom is -0.493 e. The number of pyridine rings is 1. The van der Waals surface area contributed by atoms with Crippen molar-refractivity contribution in [3.8, 4) is 17.3 Å². The summed E-state index contributed by atoms with van der Waals surface area (Å²) in [5, 5.41) is 11.2. The zero-order valence-corrected chi connectivity index (χ0v) is 16.5. The van der Waals surface area contributed by atoms with Gasteiger partial charge in [0.1, 0.15) is 23.6 Å². The number of rotatable bonds is 0. The van der Waals surface area contributed by atoms with Gasteiger partial charge in [0.25, 0.3) is 5.91 Å². The van der Waals surface area contributed by atoms with Crippen LogP contribution in [0.4, 0.5) is 5.82 Å². The maximum atomic E-state index is 12.8. The van der Waals surface area contributed by atoms with E-state index in [9.17, 15) is 4.79 Å². The second-order valence-corrected chi connectivity index (χ2v) is 8.01. The van der Waals surface area contributed by atoms with Crippen LogP contribution in [-0.2, 0) is 0 Å². The molecule has 3 aromatic rings. The molecule has 27 heavy (non-hydrogen) atoms. The number of anilines is 1. The van der Waals surface area contributed by atoms with Crippen LogP contribution < -0.4 is 10.1 Å². The molecule has 3 heterocycles. The van der Waals surface area contributed by atoms with E-state index in [1.54, 1.807) is 12.4 Å². The van der Waals surface area contributed by atoms with Crippen LogP contribution in [0.25, 0.3) is 11.5 Å². The van der Waals surface area contributed by atoms with Gasteiger partial charge in [-0.1, -0.05) is 6.07 Å². The molecule has 7 nitrogen and oxygen atoms in total. The van der Waals surface area contributed by atoms with E-state index in [2.05, 4.69) is 47.7 Å². The third kappa shape index (κ3) is 3.18. The fourth-order valence-electron chi connectivity index (χ4n) is 3.49. The molecule has 2 bridgehead atoms. The molecule has 0 radical (unpaired) electrons. The van der Waals surface area contributed by atoms with Gasteiger partial charge in [0.05, 0.1) is 12.2 Å². The van der Waals surface area contributed by atoms with Crippen molar-refractivity contribution < 1.29 is 9.53 Å². The van der Waals surface area contributed by atoms with E-state index in [0.29, 0.717) is 41.4 Å². The Kier molecular flexibility index (Phi) is 4.07. The lowest BCUT2D eigenvalue weighted by molar-refractivity contribution is 0.102. The first-order chi connectivity index (χ1) is 13.2. The second-order valence-electron chi connectivity index (χ2n) is 6.76. The molecule has 1 aromatic carbocycles. The van der Waals surface area contributed by atoms with Crippen molar-refractivity contribution in [1.29, 1.82) is 0 Å². The summed E-state index contributed by atoms with van der Waals surface area (Å²) in [5.41, 5.74) is 1.22. The Morgan fingerprint density at radius 1 is 1.26 bits per heavy atom. The number of fused-ring (bicyclic) bond motifs is 7. The van der Waals surface area contributed by atoms with Crippen LogP contribution in [0, 0.1) is 9.49 Å². The van der Waals surface area contributed by atoms with E-state index in [1.165, 1.54) is 0 Å². The molecule has 2 aromatic heterocycles. The Hall–Kier alpha value is -2.49. The molecule has 2 atom stereocenters. The average molecular weight is 473 g/mol. The Morgan fingerprint density at radius 3 is 3.11 bits per heavy atom. The Balaban J connectivity index is 1.58. The number of ether oxygens (including phenoxy) is 1. The standard InChI is InChI=1S/C19H16IN5O2/c20-12-4-5-16-13(9-12)19(26)23-17-3-1-2-14(22-17)18-24-21-10-25(18)15-8-11(15)6-7-27-16/h1-5,9-11,15H,6-8H2,(H,22,23,26)/t11-,15?/m1/s1. The molecular weight excluding hydrogens is 457 g/mol. The molecule has 136 valence electrons. The SMILES string of the molecule is O=C1Nc2cccc(n2)-c2nncn2C2C[C@H]2CCOc2ccc(I)cc21. The molecule has 1 amide bonds. The molecule has 5 rings (SSSR count). The maximum absolute atomic E-state index is 12.8. The third-order valence-electron chi connectivity index (χ3n) is 4.97. The highest BCUT2D eigenvalue weighted by molar-refractivity contribution is 14.1. The fraction of sp³-hybridized carbons (Fsp3) is 0.263. The van der Waals surface area contributed by atoms with Gasteiger partial charge in [-0.05, 0) is 71.7 Å². The number of carbonyl (C=O) groups is 1. The van der Waals surface area contributed by atoms with Crippen LogP contribution in [0.15, 0.2) is 42.7 Å². The van der Waals surface area contributed by atoms with Gasteiger partial charge in [-0.15, -0.1) is 10.2 Å². The molecule has 1 saturated carbocycles. The quantitative estimate of drug-likeness (QED) is 0.506. The molecule has 1 aliphatic heterocycles. The number of hydrogen-bond donors (Lipinski definition) is 1. The highest BCUT2D eigenvalue weighted by Gasteiger charge is 2.40. The number of amides is 1. The second kappa shape index (κ2) is 6.59. The Morgan fingerprint density at radius 2 is 2.19 bits per heavy atom. The van der Waals surface area contributed by atoms with Gasteiger partial charge in [-0.3, -0.25) is 4.79 Å². The molecule has 1 unspecified atom stereocenters. The first-order valence-electron chi connectivity index (χ1n) is 8.80. The predicted octanol–water partition coefficient (Wildman–Crippen LogP) is 3.54. The third-order valence-corrected chi connectivity index (χ3v) is 5.64. The lowest BCUT2D eigenvalue weighted by Crippen LogP contribution is -2.16. The highest BCUT2D eigenvalue weighted by Crippen LogP contribution is 2.47. The minimum absolute atomic E-state index is 0.240. The van der Waals surface area contributed by atoms with E-state index in [-0.39, 0.29) is 5.91 Å². The summed E-state index contributed by atoms with van der Waals surface area (Å²) in [5.74, 6) is 2.08. The fourth-order valence-corrected chi connectivity index (χ4v) is 3.98. The summed E-state index contributed by atoms with van der Waals surface area (Å²) < 4.78 is 9.01. The Bertz CT molecular complexity index is 1030. The van der Waals surface area contributed by atoms with Crippen molar-refractivity contribution in [2.45, 2.75) is 18.9 Å². The van der Waals surface area contributed by atoms with Crippen LogP contribution in [-0.4, -0.2) is 32.3 Å². The largest absolute Gasteiger partial charge is 0.493 e. The van der Waals surface area contributed by atoms with Gasteiger partial charge in [-0.25, -0.2) is 4.98 Å². The molecule has 2 aliphatic rings. The molecule has 1 fully saturated rings. The summed E-state index contributed by atoms with van der Waals surface area (Å²) in [4.78, 5) is 17.4. The number of aromatic nitrogens is 4. The van der Waals surface area contributed by atoms with Crippen LogP contribution in [0.2, 0.25) is 0 Å². The van der Waals surface area contributed by atoms with E-state index in [4.69, 9.17) is 4.74 Å². The molecule has 8 heteroatoms. The molecular formula is C19H16IN5O2. The van der Waals surface area contributed by atoms with Crippen molar-refractivity contribution >= 4 is 34.3 Å². The summed E-state index contributed by atoms with van der Waals surface area (Å²) >= 11 is 2.19. The number of benzene rings is 1. The first kappa shape index (κ1) is 16.7. The van der Waals surface area contributed by atoms with Crippen molar-refractivity contribution in [1.82, 2.24) is 19.7 Å². The smallest absolute Gasteiger partial charge is 0.260 e. The van der Waals surface area contributed by atoms with E-state index in [0.717, 1.165) is 22.2 Å². The van der Waals surface area contributed by atoms with Gasteiger partial charge >= 0.3 is 0 Å². The number of nitrogens with one attached hydrogen (secondary N) is 1. The highest BCUT2D eigenvalue weighted by atomic mass is 127. The molecule has 0 spiro atoms. The molecule has 0 saturated heterocycles. The molecule has 1 aliphatic carbocycles. The van der Waals surface area contributed by atoms with Crippen LogP contribution >= 0.6 is 22.6 Å². The van der Waals surface area contributed by atoms with Gasteiger partial charge in [0, 0.05) is 9.61 Å². The number of carbonyl (C=O) groups excluding carboxylic acids is 1. The van der Waals surface area contributed by atoms with E-state index in [1.807, 2.05) is 30.3 Å². The van der Waals surface area contributed by atoms with Crippen molar-refractivity contribution in [3.05, 3.63) is 51.9 Å².